The summed E-state index contributed by atoms with van der Waals surface area (Å²) in [5, 5.41) is 8.04. The molecular formula is C19H18N6O2. The van der Waals surface area contributed by atoms with Crippen LogP contribution in [0, 0.1) is 6.92 Å². The molecule has 0 fully saturated rings. The van der Waals surface area contributed by atoms with Crippen LogP contribution in [0.3, 0.4) is 0 Å². The molecule has 0 bridgehead atoms. The van der Waals surface area contributed by atoms with Crippen molar-refractivity contribution in [3.63, 3.8) is 0 Å². The van der Waals surface area contributed by atoms with Gasteiger partial charge < -0.3 is 5.32 Å². The normalized spacial score (nSPS) is 11.2. The summed E-state index contributed by atoms with van der Waals surface area (Å²) in [4.78, 5) is 33.0. The summed E-state index contributed by atoms with van der Waals surface area (Å²) in [6.07, 6.45) is 3.50. The van der Waals surface area contributed by atoms with Gasteiger partial charge in [0.1, 0.15) is 30.0 Å². The van der Waals surface area contributed by atoms with E-state index in [2.05, 4.69) is 20.4 Å². The van der Waals surface area contributed by atoms with Crippen LogP contribution < -0.4 is 10.9 Å². The van der Waals surface area contributed by atoms with Crippen molar-refractivity contribution >= 4 is 28.1 Å². The topological polar surface area (TPSA) is 94.2 Å². The highest BCUT2D eigenvalue weighted by atomic mass is 16.2. The number of anilines is 1. The number of fused-ring (bicyclic) bond motifs is 3. The van der Waals surface area contributed by atoms with Crippen molar-refractivity contribution in [3.05, 3.63) is 64.6 Å². The third-order valence-electron chi connectivity index (χ3n) is 4.36. The van der Waals surface area contributed by atoms with Crippen LogP contribution in [-0.2, 0) is 17.8 Å². The van der Waals surface area contributed by atoms with Gasteiger partial charge in [-0.3, -0.25) is 14.0 Å². The summed E-state index contributed by atoms with van der Waals surface area (Å²) in [5.41, 5.74) is 2.26. The molecular weight excluding hydrogens is 344 g/mol. The standard InChI is InChI=1S/C19H18N6O2/c1-3-17-23-24(10-18(26)22-16-6-7-20-11-21-16)19(27)15-9-13-8-12(2)4-5-14(13)25(15)17/h4-9,11H,3,10H2,1-2H3,(H,20,21,22,26). The van der Waals surface area contributed by atoms with E-state index in [0.29, 0.717) is 17.8 Å². The molecule has 3 aromatic heterocycles. The minimum absolute atomic E-state index is 0.188. The number of hydrogen-bond acceptors (Lipinski definition) is 5. The van der Waals surface area contributed by atoms with E-state index in [4.69, 9.17) is 0 Å². The molecule has 136 valence electrons. The molecule has 27 heavy (non-hydrogen) atoms. The van der Waals surface area contributed by atoms with Gasteiger partial charge in [0.2, 0.25) is 5.91 Å². The Morgan fingerprint density at radius 1 is 1.19 bits per heavy atom. The molecule has 0 aliphatic heterocycles. The SMILES string of the molecule is CCc1nn(CC(=O)Nc2ccncn2)c(=O)c2cc3cc(C)ccc3n12. The van der Waals surface area contributed by atoms with Crippen molar-refractivity contribution in [2.45, 2.75) is 26.8 Å². The van der Waals surface area contributed by atoms with Crippen LogP contribution in [0.1, 0.15) is 18.3 Å². The second kappa shape index (κ2) is 6.64. The maximum Gasteiger partial charge on any atom is 0.291 e. The Bertz CT molecular complexity index is 1210. The lowest BCUT2D eigenvalue weighted by Gasteiger charge is -2.10. The molecule has 3 heterocycles. The Morgan fingerprint density at radius 2 is 2.04 bits per heavy atom. The third kappa shape index (κ3) is 3.05. The van der Waals surface area contributed by atoms with Gasteiger partial charge in [-0.25, -0.2) is 14.6 Å². The molecule has 0 saturated carbocycles. The number of aryl methyl sites for hydroxylation is 2. The molecule has 1 aromatic carbocycles. The zero-order chi connectivity index (χ0) is 19.0. The average Bonchev–Trinajstić information content (AvgIpc) is 3.03. The number of carbonyl (C=O) groups is 1. The Balaban J connectivity index is 1.77. The lowest BCUT2D eigenvalue weighted by Crippen LogP contribution is -2.32. The highest BCUT2D eigenvalue weighted by molar-refractivity contribution is 5.90. The first-order valence-corrected chi connectivity index (χ1v) is 8.64. The minimum atomic E-state index is -0.373. The monoisotopic (exact) mass is 362 g/mol. The lowest BCUT2D eigenvalue weighted by molar-refractivity contribution is -0.117. The Labute approximate surface area is 154 Å². The Kier molecular flexibility index (Phi) is 4.15. The fourth-order valence-electron chi connectivity index (χ4n) is 3.15. The molecule has 0 unspecified atom stereocenters. The highest BCUT2D eigenvalue weighted by Crippen LogP contribution is 2.21. The van der Waals surface area contributed by atoms with Gasteiger partial charge in [-0.1, -0.05) is 18.6 Å². The van der Waals surface area contributed by atoms with Gasteiger partial charge in [0.25, 0.3) is 5.56 Å². The molecule has 0 radical (unpaired) electrons. The van der Waals surface area contributed by atoms with Gasteiger partial charge in [-0.05, 0) is 31.2 Å². The largest absolute Gasteiger partial charge is 0.309 e. The van der Waals surface area contributed by atoms with E-state index in [0.717, 1.165) is 22.3 Å². The van der Waals surface area contributed by atoms with Crippen LogP contribution >= 0.6 is 0 Å². The second-order valence-corrected chi connectivity index (χ2v) is 6.30. The van der Waals surface area contributed by atoms with Crippen molar-refractivity contribution < 1.29 is 4.79 Å². The van der Waals surface area contributed by atoms with E-state index in [1.165, 1.54) is 17.2 Å². The fraction of sp³-hybridized carbons (Fsp3) is 0.211. The van der Waals surface area contributed by atoms with E-state index < -0.39 is 0 Å². The quantitative estimate of drug-likeness (QED) is 0.599. The van der Waals surface area contributed by atoms with Crippen molar-refractivity contribution in [1.29, 1.82) is 0 Å². The first-order chi connectivity index (χ1) is 13.1. The predicted molar refractivity (Wildman–Crippen MR) is 102 cm³/mol. The highest BCUT2D eigenvalue weighted by Gasteiger charge is 2.15. The Hall–Kier alpha value is -3.55. The van der Waals surface area contributed by atoms with E-state index in [-0.39, 0.29) is 18.0 Å². The zero-order valence-corrected chi connectivity index (χ0v) is 15.0. The molecule has 4 aromatic rings. The number of hydrogen-bond donors (Lipinski definition) is 1. The van der Waals surface area contributed by atoms with Gasteiger partial charge in [0, 0.05) is 18.0 Å². The summed E-state index contributed by atoms with van der Waals surface area (Å²) in [7, 11) is 0. The number of amides is 1. The summed E-state index contributed by atoms with van der Waals surface area (Å²) in [6, 6.07) is 9.47. The molecule has 1 N–H and O–H groups in total. The first-order valence-electron chi connectivity index (χ1n) is 8.64. The number of nitrogens with zero attached hydrogens (tertiary/aromatic N) is 5. The van der Waals surface area contributed by atoms with Crippen molar-refractivity contribution in [3.8, 4) is 0 Å². The van der Waals surface area contributed by atoms with Gasteiger partial charge in [0.05, 0.1) is 5.52 Å². The summed E-state index contributed by atoms with van der Waals surface area (Å²) >= 11 is 0. The molecule has 0 spiro atoms. The molecule has 0 aliphatic rings. The van der Waals surface area contributed by atoms with Crippen LogP contribution in [0.2, 0.25) is 0 Å². The third-order valence-corrected chi connectivity index (χ3v) is 4.36. The number of aromatic nitrogens is 5. The van der Waals surface area contributed by atoms with Crippen molar-refractivity contribution in [1.82, 2.24) is 24.1 Å². The molecule has 0 saturated heterocycles. The summed E-state index contributed by atoms with van der Waals surface area (Å²) in [5.74, 6) is 0.726. The average molecular weight is 362 g/mol. The smallest absolute Gasteiger partial charge is 0.291 e. The Morgan fingerprint density at radius 3 is 2.78 bits per heavy atom. The molecule has 0 atom stereocenters. The molecule has 8 nitrogen and oxygen atoms in total. The van der Waals surface area contributed by atoms with Gasteiger partial charge in [0.15, 0.2) is 0 Å². The van der Waals surface area contributed by atoms with Crippen LogP contribution in [0.15, 0.2) is 47.7 Å². The lowest BCUT2D eigenvalue weighted by atomic mass is 10.2. The number of rotatable bonds is 4. The first kappa shape index (κ1) is 16.9. The van der Waals surface area contributed by atoms with Crippen LogP contribution in [-0.4, -0.2) is 30.1 Å². The van der Waals surface area contributed by atoms with E-state index in [1.54, 1.807) is 6.07 Å². The maximum absolute atomic E-state index is 12.9. The predicted octanol–water partition coefficient (Wildman–Crippen LogP) is 1.95. The minimum Gasteiger partial charge on any atom is -0.309 e. The van der Waals surface area contributed by atoms with Crippen LogP contribution in [0.25, 0.3) is 16.4 Å². The number of benzene rings is 1. The second-order valence-electron chi connectivity index (χ2n) is 6.30. The van der Waals surface area contributed by atoms with Gasteiger partial charge in [-0.15, -0.1) is 0 Å². The summed E-state index contributed by atoms with van der Waals surface area (Å²) in [6.45, 7) is 3.79. The zero-order valence-electron chi connectivity index (χ0n) is 15.0. The fourth-order valence-corrected chi connectivity index (χ4v) is 3.15. The van der Waals surface area contributed by atoms with E-state index in [1.807, 2.05) is 42.5 Å². The van der Waals surface area contributed by atoms with E-state index in [9.17, 15) is 9.59 Å². The van der Waals surface area contributed by atoms with E-state index >= 15 is 0 Å². The number of carbonyl (C=O) groups excluding carboxylic acids is 1. The molecule has 4 rings (SSSR count). The van der Waals surface area contributed by atoms with Crippen molar-refractivity contribution in [2.24, 2.45) is 0 Å². The van der Waals surface area contributed by atoms with Gasteiger partial charge in [-0.2, -0.15) is 5.10 Å². The molecule has 0 aliphatic carbocycles. The molecule has 1 amide bonds. The van der Waals surface area contributed by atoms with Gasteiger partial charge >= 0.3 is 0 Å². The molecule has 8 heteroatoms. The number of nitrogens with one attached hydrogen (secondary N) is 1. The van der Waals surface area contributed by atoms with Crippen LogP contribution in [0.5, 0.6) is 0 Å². The maximum atomic E-state index is 12.9. The van der Waals surface area contributed by atoms with Crippen molar-refractivity contribution in [2.75, 3.05) is 5.32 Å². The summed E-state index contributed by atoms with van der Waals surface area (Å²) < 4.78 is 3.08. The van der Waals surface area contributed by atoms with Crippen LogP contribution in [0.4, 0.5) is 5.82 Å².